The van der Waals surface area contributed by atoms with Crippen molar-refractivity contribution in [2.45, 2.75) is 12.1 Å². The normalized spacial score (nSPS) is 11.0. The van der Waals surface area contributed by atoms with Crippen LogP contribution in [0.5, 0.6) is 0 Å². The summed E-state index contributed by atoms with van der Waals surface area (Å²) in [5, 5.41) is 0.188. The molecule has 7 nitrogen and oxygen atoms in total. The van der Waals surface area contributed by atoms with Crippen LogP contribution >= 0.6 is 11.8 Å². The number of benzene rings is 3. The predicted molar refractivity (Wildman–Crippen MR) is 132 cm³/mol. The van der Waals surface area contributed by atoms with Crippen LogP contribution in [0, 0.1) is 6.92 Å². The molecular weight excluding hydrogens is 446 g/mol. The van der Waals surface area contributed by atoms with Crippen molar-refractivity contribution in [3.63, 3.8) is 0 Å². The van der Waals surface area contributed by atoms with Crippen LogP contribution in [-0.4, -0.2) is 30.5 Å². The van der Waals surface area contributed by atoms with E-state index in [1.807, 2.05) is 67.6 Å². The molecule has 1 amide bonds. The van der Waals surface area contributed by atoms with Gasteiger partial charge in [-0.3, -0.25) is 14.2 Å². The number of carbonyl (C=O) groups is 2. The molecule has 2 N–H and O–H groups in total. The Morgan fingerprint density at radius 2 is 1.47 bits per heavy atom. The number of amides is 1. The lowest BCUT2D eigenvalue weighted by Gasteiger charge is -2.09. The first-order valence-electron chi connectivity index (χ1n) is 10.5. The van der Waals surface area contributed by atoms with Crippen LogP contribution in [0.25, 0.3) is 28.2 Å². The minimum absolute atomic E-state index is 0.00395. The second-order valence-corrected chi connectivity index (χ2v) is 8.56. The highest BCUT2D eigenvalue weighted by atomic mass is 32.2. The molecule has 0 aliphatic heterocycles. The molecule has 0 fully saturated rings. The molecule has 5 aromatic rings. The van der Waals surface area contributed by atoms with Crippen LogP contribution in [0.3, 0.4) is 0 Å². The molecule has 3 aromatic carbocycles. The van der Waals surface area contributed by atoms with Gasteiger partial charge in [0.2, 0.25) is 5.12 Å². The van der Waals surface area contributed by atoms with E-state index in [0.29, 0.717) is 22.2 Å². The Balaban J connectivity index is 1.75. The van der Waals surface area contributed by atoms with E-state index < -0.39 is 5.91 Å². The van der Waals surface area contributed by atoms with Gasteiger partial charge in [-0.2, -0.15) is 0 Å². The number of fused-ring (bicyclic) bond motifs is 1. The summed E-state index contributed by atoms with van der Waals surface area (Å²) in [5.74, 6) is -0.367. The molecule has 0 atom stereocenters. The largest absolute Gasteiger partial charge is 0.364 e. The van der Waals surface area contributed by atoms with E-state index >= 15 is 0 Å². The quantitative estimate of drug-likeness (QED) is 0.373. The van der Waals surface area contributed by atoms with E-state index in [4.69, 9.17) is 10.7 Å². The van der Waals surface area contributed by atoms with Crippen molar-refractivity contribution in [2.24, 2.45) is 5.73 Å². The van der Waals surface area contributed by atoms with Gasteiger partial charge in [-0.05, 0) is 30.8 Å². The second kappa shape index (κ2) is 8.92. The highest BCUT2D eigenvalue weighted by molar-refractivity contribution is 8.14. The zero-order valence-electron chi connectivity index (χ0n) is 18.2. The summed E-state index contributed by atoms with van der Waals surface area (Å²) in [4.78, 5) is 39.1. The summed E-state index contributed by atoms with van der Waals surface area (Å²) < 4.78 is 1.76. The summed E-state index contributed by atoms with van der Waals surface area (Å²) in [6, 6.07) is 26.0. The van der Waals surface area contributed by atoms with Crippen molar-refractivity contribution >= 4 is 33.9 Å². The number of imidazole rings is 1. The van der Waals surface area contributed by atoms with Gasteiger partial charge in [0.15, 0.2) is 22.3 Å². The second-order valence-electron chi connectivity index (χ2n) is 7.62. The number of rotatable bonds is 5. The molecule has 5 rings (SSSR count). The van der Waals surface area contributed by atoms with Crippen LogP contribution < -0.4 is 5.73 Å². The first kappa shape index (κ1) is 21.5. The number of thioether (sulfide) groups is 1. The van der Waals surface area contributed by atoms with Crippen molar-refractivity contribution in [1.29, 1.82) is 0 Å². The zero-order valence-corrected chi connectivity index (χ0v) is 19.0. The van der Waals surface area contributed by atoms with E-state index in [1.54, 1.807) is 28.8 Å². The monoisotopic (exact) mass is 465 g/mol. The lowest BCUT2D eigenvalue weighted by molar-refractivity contribution is 0.0996. The Morgan fingerprint density at radius 3 is 2.12 bits per heavy atom. The number of nitrogens with zero attached hydrogens (tertiary/aromatic N) is 4. The van der Waals surface area contributed by atoms with Crippen LogP contribution in [-0.2, 0) is 0 Å². The molecular formula is C26H19N5O2S. The van der Waals surface area contributed by atoms with E-state index in [0.717, 1.165) is 28.6 Å². The predicted octanol–water partition coefficient (Wildman–Crippen LogP) is 4.82. The molecule has 166 valence electrons. The molecule has 0 aliphatic carbocycles. The van der Waals surface area contributed by atoms with E-state index in [9.17, 15) is 9.59 Å². The van der Waals surface area contributed by atoms with Gasteiger partial charge < -0.3 is 5.73 Å². The van der Waals surface area contributed by atoms with Crippen LogP contribution in [0.1, 0.15) is 26.4 Å². The fourth-order valence-electron chi connectivity index (χ4n) is 3.54. The zero-order chi connectivity index (χ0) is 23.7. The van der Waals surface area contributed by atoms with E-state index in [2.05, 4.69) is 9.97 Å². The molecule has 0 bridgehead atoms. The minimum atomic E-state index is -0.718. The molecule has 2 heterocycles. The fraction of sp³-hybridized carbons (Fsp3) is 0.0385. The smallest absolute Gasteiger partial charge is 0.269 e. The van der Waals surface area contributed by atoms with Crippen molar-refractivity contribution in [2.75, 3.05) is 0 Å². The third kappa shape index (κ3) is 4.06. The number of primary amides is 1. The molecule has 0 spiro atoms. The average Bonchev–Trinajstić information content (AvgIpc) is 3.22. The lowest BCUT2D eigenvalue weighted by atomic mass is 10.1. The summed E-state index contributed by atoms with van der Waals surface area (Å²) >= 11 is 0.961. The molecule has 0 unspecified atom stereocenters. The number of hydrogen-bond acceptors (Lipinski definition) is 6. The van der Waals surface area contributed by atoms with Crippen molar-refractivity contribution in [3.05, 3.63) is 102 Å². The molecule has 0 saturated heterocycles. The van der Waals surface area contributed by atoms with Gasteiger partial charge in [-0.15, -0.1) is 0 Å². The highest BCUT2D eigenvalue weighted by Gasteiger charge is 2.24. The Labute approximate surface area is 199 Å². The van der Waals surface area contributed by atoms with E-state index in [1.165, 1.54) is 0 Å². The summed E-state index contributed by atoms with van der Waals surface area (Å²) in [6.07, 6.45) is 0. The van der Waals surface area contributed by atoms with Crippen LogP contribution in [0.4, 0.5) is 0 Å². The summed E-state index contributed by atoms with van der Waals surface area (Å²) in [7, 11) is 0. The Morgan fingerprint density at radius 1 is 0.824 bits per heavy atom. The summed E-state index contributed by atoms with van der Waals surface area (Å²) in [6.45, 7) is 1.99. The molecule has 34 heavy (non-hydrogen) atoms. The number of aryl methyl sites for hydroxylation is 1. The lowest BCUT2D eigenvalue weighted by Crippen LogP contribution is -2.15. The van der Waals surface area contributed by atoms with Gasteiger partial charge in [0.1, 0.15) is 5.52 Å². The Bertz CT molecular complexity index is 1510. The number of para-hydroxylation sites is 1. The number of carbonyl (C=O) groups excluding carboxylic acids is 2. The van der Waals surface area contributed by atoms with Gasteiger partial charge in [0, 0.05) is 16.8 Å². The average molecular weight is 466 g/mol. The molecule has 0 aliphatic rings. The van der Waals surface area contributed by atoms with Gasteiger partial charge in [-0.25, -0.2) is 15.0 Å². The third-order valence-electron chi connectivity index (χ3n) is 5.23. The van der Waals surface area contributed by atoms with Gasteiger partial charge in [0.25, 0.3) is 5.91 Å². The Hall–Kier alpha value is -4.30. The topological polar surface area (TPSA) is 104 Å². The third-order valence-corrected chi connectivity index (χ3v) is 6.10. The first-order chi connectivity index (χ1) is 16.5. The van der Waals surface area contributed by atoms with Gasteiger partial charge in [0.05, 0.1) is 0 Å². The molecule has 2 aromatic heterocycles. The van der Waals surface area contributed by atoms with Crippen molar-refractivity contribution in [3.8, 4) is 17.1 Å². The number of aromatic nitrogens is 4. The molecule has 0 radical (unpaired) electrons. The first-order valence-corrected chi connectivity index (χ1v) is 11.3. The number of hydrogen-bond donors (Lipinski definition) is 1. The maximum absolute atomic E-state index is 13.0. The maximum Gasteiger partial charge on any atom is 0.269 e. The van der Waals surface area contributed by atoms with Crippen LogP contribution in [0.2, 0.25) is 0 Å². The van der Waals surface area contributed by atoms with Gasteiger partial charge >= 0.3 is 0 Å². The highest BCUT2D eigenvalue weighted by Crippen LogP contribution is 2.31. The molecule has 8 heteroatoms. The van der Waals surface area contributed by atoms with Crippen molar-refractivity contribution in [1.82, 2.24) is 19.5 Å². The van der Waals surface area contributed by atoms with Gasteiger partial charge in [-0.1, -0.05) is 78.4 Å². The number of nitrogens with two attached hydrogens (primary N) is 1. The molecule has 0 saturated carbocycles. The minimum Gasteiger partial charge on any atom is -0.364 e. The SMILES string of the molecule is Cc1ccc(-c2nc(C(N)=O)c3nc(SC(=O)c4ccccc4)n(-c4ccccc4)c3n2)cc1. The Kier molecular flexibility index (Phi) is 5.65. The maximum atomic E-state index is 13.0. The van der Waals surface area contributed by atoms with E-state index in [-0.39, 0.29) is 16.3 Å². The standard InChI is InChI=1S/C26H19N5O2S/c1-16-12-14-17(15-13-16)23-28-20(22(27)32)21-24(30-23)31(19-10-6-3-7-11-19)26(29-21)34-25(33)18-8-4-2-5-9-18/h2-15H,1H3,(H2,27,32). The summed E-state index contributed by atoms with van der Waals surface area (Å²) in [5.41, 5.74) is 9.46. The van der Waals surface area contributed by atoms with Crippen LogP contribution in [0.15, 0.2) is 90.1 Å². The fourth-order valence-corrected chi connectivity index (χ4v) is 4.38. The van der Waals surface area contributed by atoms with Crippen molar-refractivity contribution < 1.29 is 9.59 Å².